The average Bonchev–Trinajstić information content (AvgIpc) is 2.99. The molecule has 1 heterocycles. The third-order valence-corrected chi connectivity index (χ3v) is 7.25. The van der Waals surface area contributed by atoms with Crippen LogP contribution in [0.25, 0.3) is 11.1 Å². The number of carbonyl (C=O) groups excluding carboxylic acids is 3. The van der Waals surface area contributed by atoms with Gasteiger partial charge in [0.05, 0.1) is 19.2 Å². The zero-order chi connectivity index (χ0) is 30.8. The zero-order valence-electron chi connectivity index (χ0n) is 24.6. The van der Waals surface area contributed by atoms with Crippen molar-refractivity contribution >= 4 is 29.3 Å². The molecule has 1 aliphatic heterocycles. The maximum absolute atomic E-state index is 12.7. The lowest BCUT2D eigenvalue weighted by atomic mass is 9.98. The van der Waals surface area contributed by atoms with E-state index >= 15 is 0 Å². The Morgan fingerprint density at radius 3 is 2.35 bits per heavy atom. The molecule has 3 aromatic carbocycles. The number of nitrogens with one attached hydrogen (secondary N) is 3. The summed E-state index contributed by atoms with van der Waals surface area (Å²) < 4.78 is 11.6. The molecule has 0 aromatic heterocycles. The van der Waals surface area contributed by atoms with E-state index in [2.05, 4.69) is 15.5 Å². The largest absolute Gasteiger partial charge is 0.490 e. The molecule has 0 aliphatic carbocycles. The minimum absolute atomic E-state index is 0.0149. The predicted octanol–water partition coefficient (Wildman–Crippen LogP) is 4.25. The molecule has 1 fully saturated rings. The number of amidine groups is 1. The number of amides is 2. The van der Waals surface area contributed by atoms with Crippen LogP contribution in [0, 0.1) is 5.41 Å². The maximum Gasteiger partial charge on any atom is 0.320 e. The van der Waals surface area contributed by atoms with Crippen molar-refractivity contribution in [1.29, 1.82) is 5.41 Å². The number of nitrogens with zero attached hydrogens (tertiary/aromatic N) is 1. The van der Waals surface area contributed by atoms with Crippen LogP contribution in [0.15, 0.2) is 72.8 Å². The Hall–Kier alpha value is -4.70. The molecule has 0 bridgehead atoms. The first-order valence-corrected chi connectivity index (χ1v) is 14.5. The fraction of sp³-hybridized carbons (Fsp3) is 0.333. The second-order valence-corrected chi connectivity index (χ2v) is 10.5. The van der Waals surface area contributed by atoms with Gasteiger partial charge in [0.1, 0.15) is 24.1 Å². The lowest BCUT2D eigenvalue weighted by molar-refractivity contribution is -0.145. The van der Waals surface area contributed by atoms with Crippen LogP contribution in [-0.2, 0) is 19.1 Å². The predicted molar refractivity (Wildman–Crippen MR) is 166 cm³/mol. The van der Waals surface area contributed by atoms with Crippen LogP contribution in [0.2, 0.25) is 0 Å². The minimum Gasteiger partial charge on any atom is -0.490 e. The van der Waals surface area contributed by atoms with Crippen molar-refractivity contribution in [2.75, 3.05) is 31.6 Å². The number of rotatable bonds is 12. The molecule has 1 unspecified atom stereocenters. The number of ether oxygens (including phenoxy) is 2. The fourth-order valence-electron chi connectivity index (χ4n) is 4.98. The van der Waals surface area contributed by atoms with E-state index in [1.165, 1.54) is 0 Å². The Bertz CT molecular complexity index is 1420. The van der Waals surface area contributed by atoms with Crippen LogP contribution in [-0.4, -0.2) is 60.9 Å². The molecule has 10 heteroatoms. The van der Waals surface area contributed by atoms with E-state index in [0.717, 1.165) is 48.4 Å². The number of esters is 1. The van der Waals surface area contributed by atoms with Crippen molar-refractivity contribution in [2.45, 2.75) is 45.3 Å². The summed E-state index contributed by atoms with van der Waals surface area (Å²) in [6, 6.07) is 22.0. The van der Waals surface area contributed by atoms with Crippen molar-refractivity contribution in [1.82, 2.24) is 10.2 Å². The minimum atomic E-state index is -0.442. The van der Waals surface area contributed by atoms with Gasteiger partial charge >= 0.3 is 5.97 Å². The highest BCUT2D eigenvalue weighted by Gasteiger charge is 2.24. The number of hydrogen-bond acceptors (Lipinski definition) is 7. The summed E-state index contributed by atoms with van der Waals surface area (Å²) in [5.41, 5.74) is 9.32. The van der Waals surface area contributed by atoms with E-state index in [9.17, 15) is 14.4 Å². The summed E-state index contributed by atoms with van der Waals surface area (Å²) in [5, 5.41) is 13.1. The summed E-state index contributed by atoms with van der Waals surface area (Å²) >= 11 is 0. The van der Waals surface area contributed by atoms with Crippen molar-refractivity contribution in [3.63, 3.8) is 0 Å². The van der Waals surface area contributed by atoms with Gasteiger partial charge in [0.15, 0.2) is 0 Å². The fourth-order valence-corrected chi connectivity index (χ4v) is 4.98. The van der Waals surface area contributed by atoms with E-state index in [0.29, 0.717) is 24.4 Å². The Kier molecular flexibility index (Phi) is 10.9. The van der Waals surface area contributed by atoms with Gasteiger partial charge in [-0.3, -0.25) is 24.7 Å². The molecule has 0 spiro atoms. The Labute approximate surface area is 252 Å². The molecule has 43 heavy (non-hydrogen) atoms. The number of piperidine rings is 1. The molecule has 1 aliphatic rings. The van der Waals surface area contributed by atoms with Crippen molar-refractivity contribution in [3.05, 3.63) is 83.9 Å². The van der Waals surface area contributed by atoms with Crippen LogP contribution in [0.4, 0.5) is 5.69 Å². The Balaban J connectivity index is 1.38. The first-order chi connectivity index (χ1) is 20.7. The van der Waals surface area contributed by atoms with Gasteiger partial charge in [-0.05, 0) is 74.2 Å². The molecule has 4 rings (SSSR count). The standard InChI is InChI=1S/C33H39N5O5/c1-3-42-32(41)21-38-17-15-27(16-18-38)43-29-14-11-25(19-28(29)23-7-5-4-6-8-23)22(2)36-30(39)20-31(40)37-26-12-9-24(10-13-26)33(34)35/h4-14,19,22,27H,3,15-18,20-21H2,1-2H3,(H3,34,35)(H,36,39)(H,37,40). The van der Waals surface area contributed by atoms with E-state index in [-0.39, 0.29) is 30.4 Å². The van der Waals surface area contributed by atoms with Crippen molar-refractivity contribution in [3.8, 4) is 16.9 Å². The van der Waals surface area contributed by atoms with Crippen LogP contribution in [0.5, 0.6) is 5.75 Å². The number of carbonyl (C=O) groups is 3. The first-order valence-electron chi connectivity index (χ1n) is 14.5. The highest BCUT2D eigenvalue weighted by molar-refractivity contribution is 6.04. The lowest BCUT2D eigenvalue weighted by Gasteiger charge is -2.32. The molecule has 3 aromatic rings. The summed E-state index contributed by atoms with van der Waals surface area (Å²) in [6.45, 7) is 5.87. The smallest absolute Gasteiger partial charge is 0.320 e. The number of hydrogen-bond donors (Lipinski definition) is 4. The highest BCUT2D eigenvalue weighted by Crippen LogP contribution is 2.34. The monoisotopic (exact) mass is 585 g/mol. The van der Waals surface area contributed by atoms with Gasteiger partial charge in [0.25, 0.3) is 0 Å². The van der Waals surface area contributed by atoms with E-state index in [4.69, 9.17) is 20.6 Å². The first kappa shape index (κ1) is 31.2. The van der Waals surface area contributed by atoms with Crippen LogP contribution < -0.4 is 21.1 Å². The Morgan fingerprint density at radius 2 is 1.70 bits per heavy atom. The van der Waals surface area contributed by atoms with Crippen molar-refractivity contribution in [2.24, 2.45) is 5.73 Å². The molecule has 0 radical (unpaired) electrons. The SMILES string of the molecule is CCOC(=O)CN1CCC(Oc2ccc(C(C)NC(=O)CC(=O)Nc3ccc(C(=N)N)cc3)cc2-c2ccccc2)CC1. The second kappa shape index (κ2) is 15.0. The van der Waals surface area contributed by atoms with E-state index < -0.39 is 11.8 Å². The van der Waals surface area contributed by atoms with Gasteiger partial charge in [-0.1, -0.05) is 36.4 Å². The normalized spacial score (nSPS) is 14.4. The topological polar surface area (TPSA) is 147 Å². The quantitative estimate of drug-likeness (QED) is 0.108. The van der Waals surface area contributed by atoms with Gasteiger partial charge < -0.3 is 25.8 Å². The molecule has 5 N–H and O–H groups in total. The molecule has 2 amide bonds. The van der Waals surface area contributed by atoms with Crippen molar-refractivity contribution < 1.29 is 23.9 Å². The molecule has 1 saturated heterocycles. The summed E-state index contributed by atoms with van der Waals surface area (Å²) in [4.78, 5) is 39.1. The van der Waals surface area contributed by atoms with Gasteiger partial charge in [0, 0.05) is 29.9 Å². The summed E-state index contributed by atoms with van der Waals surface area (Å²) in [5.74, 6) is -0.350. The van der Waals surface area contributed by atoms with Gasteiger partial charge in [0.2, 0.25) is 11.8 Å². The molecular weight excluding hydrogens is 546 g/mol. The molecule has 1 atom stereocenters. The lowest BCUT2D eigenvalue weighted by Crippen LogP contribution is -2.41. The number of nitrogen functional groups attached to an aromatic ring is 1. The number of benzene rings is 3. The second-order valence-electron chi connectivity index (χ2n) is 10.5. The van der Waals surface area contributed by atoms with Crippen LogP contribution in [0.1, 0.15) is 50.3 Å². The van der Waals surface area contributed by atoms with Gasteiger partial charge in [-0.2, -0.15) is 0 Å². The molecule has 0 saturated carbocycles. The average molecular weight is 586 g/mol. The molecule has 10 nitrogen and oxygen atoms in total. The Morgan fingerprint density at radius 1 is 1.00 bits per heavy atom. The van der Waals surface area contributed by atoms with E-state index in [1.807, 2.05) is 62.4 Å². The number of anilines is 1. The number of likely N-dealkylation sites (tertiary alicyclic amines) is 1. The third-order valence-electron chi connectivity index (χ3n) is 7.25. The molecule has 226 valence electrons. The highest BCUT2D eigenvalue weighted by atomic mass is 16.5. The third kappa shape index (κ3) is 9.14. The summed E-state index contributed by atoms with van der Waals surface area (Å²) in [7, 11) is 0. The van der Waals surface area contributed by atoms with Gasteiger partial charge in [-0.25, -0.2) is 0 Å². The summed E-state index contributed by atoms with van der Waals surface area (Å²) in [6.07, 6.45) is 1.27. The number of nitrogens with two attached hydrogens (primary N) is 1. The maximum atomic E-state index is 12.7. The van der Waals surface area contributed by atoms with Gasteiger partial charge in [-0.15, -0.1) is 0 Å². The van der Waals surface area contributed by atoms with E-state index in [1.54, 1.807) is 24.3 Å². The van der Waals surface area contributed by atoms with Crippen LogP contribution >= 0.6 is 0 Å². The zero-order valence-corrected chi connectivity index (χ0v) is 24.6. The van der Waals surface area contributed by atoms with Crippen LogP contribution in [0.3, 0.4) is 0 Å². The molecular formula is C33H39N5O5.